The molecule has 28 heavy (non-hydrogen) atoms. The van der Waals surface area contributed by atoms with E-state index in [1.54, 1.807) is 24.1 Å². The lowest BCUT2D eigenvalue weighted by Crippen LogP contribution is -2.62. The van der Waals surface area contributed by atoms with E-state index in [4.69, 9.17) is 9.15 Å². The number of amides is 3. The lowest BCUT2D eigenvalue weighted by atomic mass is 9.85. The molecule has 1 aliphatic carbocycles. The Morgan fingerprint density at radius 2 is 1.79 bits per heavy atom. The predicted octanol–water partition coefficient (Wildman–Crippen LogP) is 2.22. The summed E-state index contributed by atoms with van der Waals surface area (Å²) in [5, 5.41) is 0.793. The molecule has 144 valence electrons. The van der Waals surface area contributed by atoms with E-state index in [1.807, 2.05) is 24.3 Å². The van der Waals surface area contributed by atoms with Gasteiger partial charge < -0.3 is 14.1 Å². The lowest BCUT2D eigenvalue weighted by molar-refractivity contribution is -0.145. The molecule has 0 spiro atoms. The van der Waals surface area contributed by atoms with Crippen LogP contribution in [0.1, 0.15) is 23.4 Å². The number of nitrogens with zero attached hydrogens (tertiary/aromatic N) is 2. The first kappa shape index (κ1) is 17.0. The monoisotopic (exact) mass is 380 g/mol. The molecule has 2 saturated heterocycles. The van der Waals surface area contributed by atoms with Crippen LogP contribution in [0, 0.1) is 11.8 Å². The second kappa shape index (κ2) is 6.22. The van der Waals surface area contributed by atoms with E-state index in [-0.39, 0.29) is 41.4 Å². The number of hydrogen-bond donors (Lipinski definition) is 0. The highest BCUT2D eigenvalue weighted by molar-refractivity contribution is 6.06. The maximum atomic E-state index is 12.8. The van der Waals surface area contributed by atoms with E-state index in [9.17, 15) is 14.4 Å². The number of methoxy groups -OCH3 is 1. The fourth-order valence-electron chi connectivity index (χ4n) is 4.43. The first-order valence-electron chi connectivity index (χ1n) is 9.46. The van der Waals surface area contributed by atoms with Crippen LogP contribution in [-0.4, -0.2) is 53.8 Å². The average Bonchev–Trinajstić information content (AvgIpc) is 3.22. The molecular formula is C21H20N2O5. The molecule has 3 heterocycles. The summed E-state index contributed by atoms with van der Waals surface area (Å²) >= 11 is 0. The summed E-state index contributed by atoms with van der Waals surface area (Å²) in [6.45, 7) is 0.689. The summed E-state index contributed by atoms with van der Waals surface area (Å²) in [7, 11) is 1.55. The number of imide groups is 1. The van der Waals surface area contributed by atoms with Crippen LogP contribution in [-0.2, 0) is 9.59 Å². The maximum absolute atomic E-state index is 12.8. The summed E-state index contributed by atoms with van der Waals surface area (Å²) < 4.78 is 11.0. The molecule has 5 rings (SSSR count). The van der Waals surface area contributed by atoms with Crippen LogP contribution in [0.5, 0.6) is 5.75 Å². The van der Waals surface area contributed by atoms with E-state index in [2.05, 4.69) is 0 Å². The predicted molar refractivity (Wildman–Crippen MR) is 99.7 cm³/mol. The molecule has 0 unspecified atom stereocenters. The van der Waals surface area contributed by atoms with Crippen LogP contribution >= 0.6 is 0 Å². The van der Waals surface area contributed by atoms with Crippen molar-refractivity contribution in [3.05, 3.63) is 42.2 Å². The van der Waals surface area contributed by atoms with Crippen LogP contribution in [0.4, 0.5) is 0 Å². The minimum atomic E-state index is -0.243. The van der Waals surface area contributed by atoms with Crippen molar-refractivity contribution in [2.75, 3.05) is 20.2 Å². The fraction of sp³-hybridized carbons (Fsp3) is 0.381. The third kappa shape index (κ3) is 2.38. The van der Waals surface area contributed by atoms with E-state index < -0.39 is 0 Å². The van der Waals surface area contributed by atoms with Crippen molar-refractivity contribution in [3.8, 4) is 5.75 Å². The number of carbonyl (C=O) groups is 3. The van der Waals surface area contributed by atoms with Crippen LogP contribution in [0.15, 0.2) is 40.8 Å². The number of para-hydroxylation sites is 1. The topological polar surface area (TPSA) is 80.1 Å². The number of furan rings is 1. The normalized spacial score (nSPS) is 24.6. The summed E-state index contributed by atoms with van der Waals surface area (Å²) in [4.78, 5) is 41.1. The Hall–Kier alpha value is -3.09. The molecule has 1 aromatic heterocycles. The summed E-state index contributed by atoms with van der Waals surface area (Å²) in [6.07, 6.45) is 5.20. The highest BCUT2D eigenvalue weighted by Gasteiger charge is 2.52. The fourth-order valence-corrected chi connectivity index (χ4v) is 4.43. The highest BCUT2D eigenvalue weighted by atomic mass is 16.5. The van der Waals surface area contributed by atoms with Gasteiger partial charge in [0.25, 0.3) is 5.91 Å². The van der Waals surface area contributed by atoms with E-state index in [0.717, 1.165) is 5.39 Å². The molecule has 2 fully saturated rings. The Morgan fingerprint density at radius 1 is 1.11 bits per heavy atom. The van der Waals surface area contributed by atoms with Crippen molar-refractivity contribution in [2.45, 2.75) is 18.9 Å². The zero-order valence-electron chi connectivity index (χ0n) is 15.5. The highest BCUT2D eigenvalue weighted by Crippen LogP contribution is 2.38. The quantitative estimate of drug-likeness (QED) is 0.603. The first-order valence-corrected chi connectivity index (χ1v) is 9.46. The Kier molecular flexibility index (Phi) is 3.79. The molecule has 0 saturated carbocycles. The van der Waals surface area contributed by atoms with Crippen LogP contribution in [0.3, 0.4) is 0 Å². The van der Waals surface area contributed by atoms with E-state index in [0.29, 0.717) is 37.3 Å². The second-order valence-corrected chi connectivity index (χ2v) is 7.56. The smallest absolute Gasteiger partial charge is 0.289 e. The molecule has 2 aliphatic heterocycles. The third-order valence-corrected chi connectivity index (χ3v) is 5.99. The largest absolute Gasteiger partial charge is 0.493 e. The van der Waals surface area contributed by atoms with Gasteiger partial charge in [-0.05, 0) is 25.0 Å². The van der Waals surface area contributed by atoms with Crippen LogP contribution in [0.2, 0.25) is 0 Å². The Bertz CT molecular complexity index is 991. The van der Waals surface area contributed by atoms with Crippen molar-refractivity contribution in [1.82, 2.24) is 9.80 Å². The molecule has 0 N–H and O–H groups in total. The summed E-state index contributed by atoms with van der Waals surface area (Å²) in [5.74, 6) is -0.0879. The van der Waals surface area contributed by atoms with Gasteiger partial charge in [0.2, 0.25) is 11.8 Å². The summed E-state index contributed by atoms with van der Waals surface area (Å²) in [6, 6.07) is 6.92. The van der Waals surface area contributed by atoms with Crippen LogP contribution in [0.25, 0.3) is 11.0 Å². The molecule has 0 radical (unpaired) electrons. The van der Waals surface area contributed by atoms with Gasteiger partial charge in [-0.3, -0.25) is 19.3 Å². The molecule has 7 heteroatoms. The number of hydrogen-bond acceptors (Lipinski definition) is 5. The second-order valence-electron chi connectivity index (χ2n) is 7.56. The van der Waals surface area contributed by atoms with E-state index in [1.165, 1.54) is 4.90 Å². The molecule has 3 amide bonds. The molecule has 7 nitrogen and oxygen atoms in total. The van der Waals surface area contributed by atoms with Crippen LogP contribution < -0.4 is 4.74 Å². The molecule has 1 aromatic carbocycles. The Labute approximate surface area is 161 Å². The van der Waals surface area contributed by atoms with Gasteiger partial charge in [-0.1, -0.05) is 24.3 Å². The minimum absolute atomic E-state index is 0.0927. The van der Waals surface area contributed by atoms with Crippen molar-refractivity contribution >= 4 is 28.7 Å². The first-order chi connectivity index (χ1) is 13.6. The van der Waals surface area contributed by atoms with Crippen molar-refractivity contribution < 1.29 is 23.5 Å². The van der Waals surface area contributed by atoms with Crippen molar-refractivity contribution in [2.24, 2.45) is 11.8 Å². The van der Waals surface area contributed by atoms with Crippen molar-refractivity contribution in [1.29, 1.82) is 0 Å². The van der Waals surface area contributed by atoms with Gasteiger partial charge >= 0.3 is 0 Å². The number of fused-ring (bicyclic) bond motifs is 2. The number of likely N-dealkylation sites (tertiary alicyclic amines) is 2. The standard InChI is InChI=1S/C21H20N2O5/c1-27-16-8-4-5-12-9-17(28-18(12)16)21(26)22-10-13(11-22)23-19(24)14-6-2-3-7-15(14)20(23)25/h2-5,8-9,13-15H,6-7,10-11H2,1H3/t14-,15-/m0/s1. The van der Waals surface area contributed by atoms with E-state index >= 15 is 0 Å². The SMILES string of the molecule is COc1cccc2cc(C(=O)N3CC(N4C(=O)[C@H]5CC=CC[C@@H]5C4=O)C3)oc12. The number of allylic oxidation sites excluding steroid dienone is 2. The number of rotatable bonds is 3. The molecule has 0 bridgehead atoms. The van der Waals surface area contributed by atoms with Gasteiger partial charge in [-0.15, -0.1) is 0 Å². The zero-order chi connectivity index (χ0) is 19.4. The summed E-state index contributed by atoms with van der Waals surface area (Å²) in [5.41, 5.74) is 0.534. The van der Waals surface area contributed by atoms with Gasteiger partial charge in [0.05, 0.1) is 25.0 Å². The number of benzene rings is 1. The third-order valence-electron chi connectivity index (χ3n) is 5.99. The maximum Gasteiger partial charge on any atom is 0.289 e. The lowest BCUT2D eigenvalue weighted by Gasteiger charge is -2.42. The molecule has 3 aliphatic rings. The molecule has 2 atom stereocenters. The van der Waals surface area contributed by atoms with Gasteiger partial charge in [0.15, 0.2) is 17.1 Å². The van der Waals surface area contributed by atoms with Gasteiger partial charge in [-0.2, -0.15) is 0 Å². The Balaban J connectivity index is 1.30. The van der Waals surface area contributed by atoms with Crippen molar-refractivity contribution in [3.63, 3.8) is 0 Å². The average molecular weight is 380 g/mol. The number of ether oxygens (including phenoxy) is 1. The van der Waals surface area contributed by atoms with Gasteiger partial charge in [0.1, 0.15) is 0 Å². The van der Waals surface area contributed by atoms with Gasteiger partial charge in [0, 0.05) is 18.5 Å². The Morgan fingerprint density at radius 3 is 2.43 bits per heavy atom. The van der Waals surface area contributed by atoms with Gasteiger partial charge in [-0.25, -0.2) is 0 Å². The number of carbonyl (C=O) groups excluding carboxylic acids is 3. The zero-order valence-corrected chi connectivity index (χ0v) is 15.5. The minimum Gasteiger partial charge on any atom is -0.493 e. The molecule has 2 aromatic rings. The molecular weight excluding hydrogens is 360 g/mol.